The number of nitrogens with zero attached hydrogens (tertiary/aromatic N) is 1. The van der Waals surface area contributed by atoms with Crippen molar-refractivity contribution in [3.8, 4) is 11.3 Å². The molecule has 0 aliphatic rings. The van der Waals surface area contributed by atoms with E-state index in [1.54, 1.807) is 6.07 Å². The Kier molecular flexibility index (Phi) is 2.07. The van der Waals surface area contributed by atoms with Crippen molar-refractivity contribution < 1.29 is 4.52 Å². The fraction of sp³-hybridized carbons (Fsp3) is 0. The summed E-state index contributed by atoms with van der Waals surface area (Å²) in [5, 5.41) is 4.40. The first-order valence-corrected chi connectivity index (χ1v) is 4.18. The maximum atomic E-state index is 5.75. The molecule has 0 unspecified atom stereocenters. The summed E-state index contributed by atoms with van der Waals surface area (Å²) >= 11 is 5.75. The van der Waals surface area contributed by atoms with E-state index in [4.69, 9.17) is 16.1 Å². The molecule has 0 fully saturated rings. The van der Waals surface area contributed by atoms with Crippen molar-refractivity contribution >= 4 is 11.6 Å². The summed E-state index contributed by atoms with van der Waals surface area (Å²) in [6.07, 6.45) is 0. The Balaban J connectivity index is 2.41. The highest BCUT2D eigenvalue weighted by Gasteiger charge is 2.02. The lowest BCUT2D eigenvalue weighted by atomic mass is 10.2. The van der Waals surface area contributed by atoms with Crippen LogP contribution in [0.25, 0.3) is 11.3 Å². The smallest absolute Gasteiger partial charge is 0.167 e. The monoisotopic (exact) mass is 192 g/mol. The maximum Gasteiger partial charge on any atom is 0.167 e. The lowest BCUT2D eigenvalue weighted by Crippen LogP contribution is -1.71. The molecular formula is C10H7ClNO. The molecule has 1 aromatic carbocycles. The molecular weight excluding hydrogens is 186 g/mol. The zero-order chi connectivity index (χ0) is 9.26. The van der Waals surface area contributed by atoms with Crippen molar-refractivity contribution in [3.63, 3.8) is 0 Å². The van der Waals surface area contributed by atoms with Crippen LogP contribution in [0.4, 0.5) is 0 Å². The second kappa shape index (κ2) is 3.23. The van der Waals surface area contributed by atoms with Gasteiger partial charge in [-0.05, 0) is 31.2 Å². The highest BCUT2D eigenvalue weighted by Crippen LogP contribution is 2.21. The van der Waals surface area contributed by atoms with Crippen molar-refractivity contribution in [1.82, 2.24) is 5.16 Å². The molecule has 65 valence electrons. The summed E-state index contributed by atoms with van der Waals surface area (Å²) in [6, 6.07) is 9.15. The summed E-state index contributed by atoms with van der Waals surface area (Å²) < 4.78 is 5.03. The van der Waals surface area contributed by atoms with Gasteiger partial charge in [0.05, 0.1) is 5.69 Å². The molecule has 0 spiro atoms. The molecule has 0 aliphatic heterocycles. The van der Waals surface area contributed by atoms with Crippen molar-refractivity contribution in [2.45, 2.75) is 0 Å². The highest BCUT2D eigenvalue weighted by molar-refractivity contribution is 6.30. The Morgan fingerprint density at radius 3 is 2.46 bits per heavy atom. The molecule has 0 N–H and O–H groups in total. The van der Waals surface area contributed by atoms with Gasteiger partial charge < -0.3 is 4.52 Å². The lowest BCUT2D eigenvalue weighted by Gasteiger charge is -1.93. The Morgan fingerprint density at radius 2 is 1.92 bits per heavy atom. The Morgan fingerprint density at radius 1 is 1.23 bits per heavy atom. The third-order valence-electron chi connectivity index (χ3n) is 1.69. The third kappa shape index (κ3) is 1.73. The van der Waals surface area contributed by atoms with Crippen molar-refractivity contribution in [2.75, 3.05) is 0 Å². The van der Waals surface area contributed by atoms with Gasteiger partial charge >= 0.3 is 0 Å². The molecule has 0 bridgehead atoms. The fourth-order valence-corrected chi connectivity index (χ4v) is 1.19. The number of rotatable bonds is 1. The molecule has 2 nitrogen and oxygen atoms in total. The van der Waals surface area contributed by atoms with Gasteiger partial charge in [-0.1, -0.05) is 16.8 Å². The molecule has 0 aliphatic carbocycles. The molecule has 1 radical (unpaired) electrons. The molecule has 1 heterocycles. The Labute approximate surface area is 81.1 Å². The molecule has 2 aromatic rings. The molecule has 2 rings (SSSR count). The van der Waals surface area contributed by atoms with Gasteiger partial charge in [0.2, 0.25) is 0 Å². The minimum atomic E-state index is 0.630. The third-order valence-corrected chi connectivity index (χ3v) is 1.94. The number of benzene rings is 1. The van der Waals surface area contributed by atoms with Gasteiger partial charge in [0.15, 0.2) is 5.76 Å². The van der Waals surface area contributed by atoms with Gasteiger partial charge in [-0.3, -0.25) is 0 Å². The van der Waals surface area contributed by atoms with Gasteiger partial charge in [-0.15, -0.1) is 0 Å². The zero-order valence-corrected chi connectivity index (χ0v) is 7.58. The molecule has 0 amide bonds. The van der Waals surface area contributed by atoms with Gasteiger partial charge in [-0.25, -0.2) is 0 Å². The maximum absolute atomic E-state index is 5.75. The number of hydrogen-bond acceptors (Lipinski definition) is 2. The largest absolute Gasteiger partial charge is 0.356 e. The first-order chi connectivity index (χ1) is 6.25. The van der Waals surface area contributed by atoms with E-state index in [1.807, 2.05) is 24.3 Å². The van der Waals surface area contributed by atoms with E-state index in [1.165, 1.54) is 0 Å². The molecule has 0 atom stereocenters. The van der Waals surface area contributed by atoms with Crippen LogP contribution >= 0.6 is 11.6 Å². The second-order valence-corrected chi connectivity index (χ2v) is 3.13. The van der Waals surface area contributed by atoms with Crippen LogP contribution in [0.2, 0.25) is 5.02 Å². The second-order valence-electron chi connectivity index (χ2n) is 2.69. The standard InChI is InChI=1S/C10H7ClNO/c1-7-6-10(13-12-7)8-2-4-9(11)5-3-8/h2-6H,1H2. The minimum absolute atomic E-state index is 0.630. The van der Waals surface area contributed by atoms with Crippen LogP contribution in [0, 0.1) is 6.92 Å². The summed E-state index contributed by atoms with van der Waals surface area (Å²) in [7, 11) is 0. The van der Waals surface area contributed by atoms with Crippen molar-refractivity contribution in [3.05, 3.63) is 48.0 Å². The number of aromatic nitrogens is 1. The quantitative estimate of drug-likeness (QED) is 0.694. The normalized spacial score (nSPS) is 10.3. The van der Waals surface area contributed by atoms with E-state index in [9.17, 15) is 0 Å². The topological polar surface area (TPSA) is 26.0 Å². The lowest BCUT2D eigenvalue weighted by molar-refractivity contribution is 0.429. The summed E-state index contributed by atoms with van der Waals surface area (Å²) in [5.74, 6) is 0.710. The van der Waals surface area contributed by atoms with E-state index >= 15 is 0 Å². The first kappa shape index (κ1) is 8.32. The van der Waals surface area contributed by atoms with Crippen LogP contribution in [0.1, 0.15) is 5.69 Å². The molecule has 0 saturated carbocycles. The molecule has 1 aromatic heterocycles. The Bertz CT molecular complexity index is 405. The van der Waals surface area contributed by atoms with Crippen molar-refractivity contribution in [1.29, 1.82) is 0 Å². The van der Waals surface area contributed by atoms with Gasteiger partial charge in [0.1, 0.15) is 0 Å². The summed E-state index contributed by atoms with van der Waals surface area (Å²) in [5.41, 5.74) is 1.58. The van der Waals surface area contributed by atoms with Gasteiger partial charge in [0, 0.05) is 16.7 Å². The predicted octanol–water partition coefficient (Wildman–Crippen LogP) is 3.18. The number of halogens is 1. The van der Waals surface area contributed by atoms with E-state index in [0.717, 1.165) is 5.56 Å². The summed E-state index contributed by atoms with van der Waals surface area (Å²) in [4.78, 5) is 0. The fourth-order valence-electron chi connectivity index (χ4n) is 1.06. The van der Waals surface area contributed by atoms with E-state index in [2.05, 4.69) is 12.1 Å². The van der Waals surface area contributed by atoms with Crippen LogP contribution in [0.5, 0.6) is 0 Å². The van der Waals surface area contributed by atoms with Crippen molar-refractivity contribution in [2.24, 2.45) is 0 Å². The van der Waals surface area contributed by atoms with Gasteiger partial charge in [0.25, 0.3) is 0 Å². The molecule has 0 saturated heterocycles. The molecule has 3 heteroatoms. The minimum Gasteiger partial charge on any atom is -0.356 e. The predicted molar refractivity (Wildman–Crippen MR) is 51.4 cm³/mol. The summed E-state index contributed by atoms with van der Waals surface area (Å²) in [6.45, 7) is 3.65. The average Bonchev–Trinajstić information content (AvgIpc) is 2.53. The highest BCUT2D eigenvalue weighted by atomic mass is 35.5. The van der Waals surface area contributed by atoms with Gasteiger partial charge in [-0.2, -0.15) is 0 Å². The van der Waals surface area contributed by atoms with Crippen LogP contribution in [-0.4, -0.2) is 5.16 Å². The van der Waals surface area contributed by atoms with Crippen LogP contribution < -0.4 is 0 Å². The van der Waals surface area contributed by atoms with Crippen LogP contribution in [-0.2, 0) is 0 Å². The van der Waals surface area contributed by atoms with E-state index in [0.29, 0.717) is 16.5 Å². The van der Waals surface area contributed by atoms with Crippen LogP contribution in [0.15, 0.2) is 34.9 Å². The zero-order valence-electron chi connectivity index (χ0n) is 6.83. The molecule has 13 heavy (non-hydrogen) atoms. The van der Waals surface area contributed by atoms with Crippen LogP contribution in [0.3, 0.4) is 0 Å². The first-order valence-electron chi connectivity index (χ1n) is 3.80. The SMILES string of the molecule is [CH2]c1cc(-c2ccc(Cl)cc2)on1. The number of hydrogen-bond donors (Lipinski definition) is 0. The van der Waals surface area contributed by atoms with E-state index < -0.39 is 0 Å². The van der Waals surface area contributed by atoms with E-state index in [-0.39, 0.29) is 0 Å². The average molecular weight is 193 g/mol. The Hall–Kier alpha value is -1.28.